The Balaban J connectivity index is 0.00000121. The molecular weight excluding hydrogens is 326 g/mol. The van der Waals surface area contributed by atoms with E-state index in [1.54, 1.807) is 12.3 Å². The van der Waals surface area contributed by atoms with Crippen molar-refractivity contribution in [2.24, 2.45) is 0 Å². The van der Waals surface area contributed by atoms with Gasteiger partial charge in [0, 0.05) is 24.2 Å². The fourth-order valence-electron chi connectivity index (χ4n) is 2.68. The van der Waals surface area contributed by atoms with Crippen molar-refractivity contribution in [3.8, 4) is 11.1 Å². The van der Waals surface area contributed by atoms with Gasteiger partial charge in [0.05, 0.1) is 5.69 Å². The standard InChI is InChI=1S/C15H17FN4.2ClH/c16-12-5-1-3-10(7-12)13-9-19-15(17)20-14(13)11-4-2-6-18-8-11;;/h1,3,5,7,9,11,18H,2,4,6,8H2,(H2,17,19,20);2*1H. The number of benzene rings is 1. The number of piperidine rings is 1. The normalized spacial score (nSPS) is 17.2. The maximum atomic E-state index is 13.4. The van der Waals surface area contributed by atoms with Gasteiger partial charge in [-0.1, -0.05) is 12.1 Å². The summed E-state index contributed by atoms with van der Waals surface area (Å²) in [5, 5.41) is 3.37. The zero-order chi connectivity index (χ0) is 13.9. The summed E-state index contributed by atoms with van der Waals surface area (Å²) in [5.74, 6) is 0.310. The number of nitrogens with two attached hydrogens (primary N) is 1. The Morgan fingerprint density at radius 3 is 2.77 bits per heavy atom. The molecule has 22 heavy (non-hydrogen) atoms. The average molecular weight is 345 g/mol. The van der Waals surface area contributed by atoms with Gasteiger partial charge in [0.2, 0.25) is 5.95 Å². The second kappa shape index (κ2) is 8.27. The molecule has 1 aliphatic rings. The first-order chi connectivity index (χ1) is 9.74. The molecule has 1 saturated heterocycles. The lowest BCUT2D eigenvalue weighted by atomic mass is 9.91. The molecule has 0 spiro atoms. The number of halogens is 3. The van der Waals surface area contributed by atoms with E-state index in [-0.39, 0.29) is 36.6 Å². The molecule has 120 valence electrons. The number of nitrogens with zero attached hydrogens (tertiary/aromatic N) is 2. The predicted molar refractivity (Wildman–Crippen MR) is 91.2 cm³/mol. The lowest BCUT2D eigenvalue weighted by Crippen LogP contribution is -2.29. The molecule has 3 N–H and O–H groups in total. The van der Waals surface area contributed by atoms with Crippen LogP contribution in [0.2, 0.25) is 0 Å². The number of aromatic nitrogens is 2. The molecule has 1 atom stereocenters. The minimum Gasteiger partial charge on any atom is -0.368 e. The summed E-state index contributed by atoms with van der Waals surface area (Å²) in [5.41, 5.74) is 8.30. The Morgan fingerprint density at radius 2 is 2.09 bits per heavy atom. The van der Waals surface area contributed by atoms with Crippen molar-refractivity contribution in [3.05, 3.63) is 42.0 Å². The molecule has 2 heterocycles. The van der Waals surface area contributed by atoms with E-state index < -0.39 is 0 Å². The zero-order valence-corrected chi connectivity index (χ0v) is 13.6. The molecular formula is C15H19Cl2FN4. The lowest BCUT2D eigenvalue weighted by Gasteiger charge is -2.24. The van der Waals surface area contributed by atoms with Gasteiger partial charge in [0.25, 0.3) is 0 Å². The third-order valence-corrected chi connectivity index (χ3v) is 3.66. The fraction of sp³-hybridized carbons (Fsp3) is 0.333. The van der Waals surface area contributed by atoms with E-state index in [0.29, 0.717) is 5.92 Å². The lowest BCUT2D eigenvalue weighted by molar-refractivity contribution is 0.455. The Hall–Kier alpha value is -1.43. The number of rotatable bonds is 2. The molecule has 4 nitrogen and oxygen atoms in total. The summed E-state index contributed by atoms with van der Waals surface area (Å²) < 4.78 is 13.4. The smallest absolute Gasteiger partial charge is 0.220 e. The van der Waals surface area contributed by atoms with Gasteiger partial charge in [0.1, 0.15) is 5.82 Å². The van der Waals surface area contributed by atoms with Crippen LogP contribution in [-0.4, -0.2) is 23.1 Å². The van der Waals surface area contributed by atoms with Crippen molar-refractivity contribution in [3.63, 3.8) is 0 Å². The van der Waals surface area contributed by atoms with Crippen LogP contribution < -0.4 is 11.1 Å². The van der Waals surface area contributed by atoms with E-state index in [2.05, 4.69) is 15.3 Å². The summed E-state index contributed by atoms with van der Waals surface area (Å²) in [6.07, 6.45) is 3.87. The van der Waals surface area contributed by atoms with Crippen LogP contribution in [0.25, 0.3) is 11.1 Å². The van der Waals surface area contributed by atoms with Crippen molar-refractivity contribution in [1.82, 2.24) is 15.3 Å². The van der Waals surface area contributed by atoms with E-state index in [1.807, 2.05) is 6.07 Å². The van der Waals surface area contributed by atoms with Crippen LogP contribution in [0, 0.1) is 5.82 Å². The van der Waals surface area contributed by atoms with E-state index in [9.17, 15) is 4.39 Å². The summed E-state index contributed by atoms with van der Waals surface area (Å²) >= 11 is 0. The molecule has 0 saturated carbocycles. The molecule has 1 unspecified atom stereocenters. The van der Waals surface area contributed by atoms with Crippen molar-refractivity contribution in [1.29, 1.82) is 0 Å². The van der Waals surface area contributed by atoms with Gasteiger partial charge in [-0.15, -0.1) is 24.8 Å². The number of hydrogen-bond acceptors (Lipinski definition) is 4. The first-order valence-electron chi connectivity index (χ1n) is 6.83. The van der Waals surface area contributed by atoms with Gasteiger partial charge >= 0.3 is 0 Å². The zero-order valence-electron chi connectivity index (χ0n) is 12.0. The van der Waals surface area contributed by atoms with Crippen LogP contribution >= 0.6 is 24.8 Å². The van der Waals surface area contributed by atoms with Gasteiger partial charge in [-0.3, -0.25) is 0 Å². The Bertz CT molecular complexity index is 618. The molecule has 1 aromatic heterocycles. The van der Waals surface area contributed by atoms with Gasteiger partial charge in [0.15, 0.2) is 0 Å². The molecule has 1 aromatic carbocycles. The maximum Gasteiger partial charge on any atom is 0.220 e. The Morgan fingerprint density at radius 1 is 1.27 bits per heavy atom. The topological polar surface area (TPSA) is 63.8 Å². The van der Waals surface area contributed by atoms with Crippen LogP contribution in [-0.2, 0) is 0 Å². The monoisotopic (exact) mass is 344 g/mol. The maximum absolute atomic E-state index is 13.4. The Labute approximate surface area is 141 Å². The number of nitrogen functional groups attached to an aromatic ring is 1. The first kappa shape index (κ1) is 18.6. The van der Waals surface area contributed by atoms with E-state index >= 15 is 0 Å². The summed E-state index contributed by atoms with van der Waals surface area (Å²) in [7, 11) is 0. The van der Waals surface area contributed by atoms with E-state index in [1.165, 1.54) is 12.1 Å². The Kier molecular flexibility index (Phi) is 7.00. The highest BCUT2D eigenvalue weighted by molar-refractivity contribution is 5.85. The third kappa shape index (κ3) is 4.06. The van der Waals surface area contributed by atoms with Crippen molar-refractivity contribution in [2.45, 2.75) is 18.8 Å². The van der Waals surface area contributed by atoms with Crippen molar-refractivity contribution >= 4 is 30.8 Å². The van der Waals surface area contributed by atoms with Crippen LogP contribution in [0.5, 0.6) is 0 Å². The van der Waals surface area contributed by atoms with Crippen molar-refractivity contribution < 1.29 is 4.39 Å². The highest BCUT2D eigenvalue weighted by atomic mass is 35.5. The fourth-order valence-corrected chi connectivity index (χ4v) is 2.68. The van der Waals surface area contributed by atoms with Gasteiger partial charge < -0.3 is 11.1 Å². The number of hydrogen-bond donors (Lipinski definition) is 2. The minimum atomic E-state index is -0.257. The van der Waals surface area contributed by atoms with Crippen LogP contribution in [0.4, 0.5) is 10.3 Å². The van der Waals surface area contributed by atoms with E-state index in [4.69, 9.17) is 5.73 Å². The second-order valence-electron chi connectivity index (χ2n) is 5.08. The second-order valence-corrected chi connectivity index (χ2v) is 5.08. The molecule has 0 bridgehead atoms. The molecule has 1 aliphatic heterocycles. The summed E-state index contributed by atoms with van der Waals surface area (Å²) in [6, 6.07) is 6.51. The van der Waals surface area contributed by atoms with Crippen LogP contribution in [0.1, 0.15) is 24.5 Å². The van der Waals surface area contributed by atoms with Crippen molar-refractivity contribution in [2.75, 3.05) is 18.8 Å². The number of nitrogens with one attached hydrogen (secondary N) is 1. The third-order valence-electron chi connectivity index (χ3n) is 3.66. The summed E-state index contributed by atoms with van der Waals surface area (Å²) in [4.78, 5) is 8.47. The van der Waals surface area contributed by atoms with Gasteiger partial charge in [-0.2, -0.15) is 0 Å². The molecule has 3 rings (SSSR count). The molecule has 0 aliphatic carbocycles. The molecule has 0 radical (unpaired) electrons. The quantitative estimate of drug-likeness (QED) is 0.878. The average Bonchev–Trinajstić information content (AvgIpc) is 2.48. The molecule has 2 aromatic rings. The SMILES string of the molecule is Cl.Cl.Nc1ncc(-c2cccc(F)c2)c(C2CCCNC2)n1. The number of anilines is 1. The first-order valence-corrected chi connectivity index (χ1v) is 6.83. The van der Waals surface area contributed by atoms with Crippen LogP contribution in [0.3, 0.4) is 0 Å². The van der Waals surface area contributed by atoms with Gasteiger partial charge in [-0.25, -0.2) is 14.4 Å². The highest BCUT2D eigenvalue weighted by Gasteiger charge is 2.21. The van der Waals surface area contributed by atoms with Crippen LogP contribution in [0.15, 0.2) is 30.5 Å². The van der Waals surface area contributed by atoms with E-state index in [0.717, 1.165) is 42.8 Å². The molecule has 1 fully saturated rings. The molecule has 0 amide bonds. The highest BCUT2D eigenvalue weighted by Crippen LogP contribution is 2.31. The largest absolute Gasteiger partial charge is 0.368 e. The molecule has 7 heteroatoms. The summed E-state index contributed by atoms with van der Waals surface area (Å²) in [6.45, 7) is 1.91. The minimum absolute atomic E-state index is 0. The van der Waals surface area contributed by atoms with Gasteiger partial charge in [-0.05, 0) is 37.1 Å². The predicted octanol–water partition coefficient (Wildman–Crippen LogP) is 3.18.